The van der Waals surface area contributed by atoms with Crippen molar-refractivity contribution in [2.75, 3.05) is 17.6 Å². The lowest BCUT2D eigenvalue weighted by Gasteiger charge is -2.03. The van der Waals surface area contributed by atoms with Gasteiger partial charge < -0.3 is 11.1 Å². The number of nitrogens with two attached hydrogens (primary N) is 1. The van der Waals surface area contributed by atoms with E-state index in [2.05, 4.69) is 32.8 Å². The molecule has 12 heavy (non-hydrogen) atoms. The molecule has 0 atom stereocenters. The minimum Gasteiger partial charge on any atom is -0.397 e. The maximum atomic E-state index is 5.47. The third kappa shape index (κ3) is 2.92. The molecule has 0 aliphatic carbocycles. The number of halogens is 1. The Morgan fingerprint density at radius 1 is 1.67 bits per heavy atom. The van der Waals surface area contributed by atoms with Gasteiger partial charge in [0, 0.05) is 11.0 Å². The normalized spacial score (nSPS) is 9.42. The van der Waals surface area contributed by atoms with Gasteiger partial charge in [-0.2, -0.15) is 0 Å². The molecule has 0 fully saturated rings. The van der Waals surface area contributed by atoms with E-state index in [1.54, 1.807) is 12.3 Å². The van der Waals surface area contributed by atoms with E-state index >= 15 is 0 Å². The number of aromatic nitrogens is 1. The van der Waals surface area contributed by atoms with Gasteiger partial charge in [0.15, 0.2) is 0 Å². The smallest absolute Gasteiger partial charge is 0.126 e. The fourth-order valence-corrected chi connectivity index (χ4v) is 0.837. The zero-order valence-corrected chi connectivity index (χ0v) is 8.13. The van der Waals surface area contributed by atoms with Crippen molar-refractivity contribution >= 4 is 27.4 Å². The van der Waals surface area contributed by atoms with E-state index < -0.39 is 0 Å². The first-order valence-corrected chi connectivity index (χ1v) is 4.26. The monoisotopic (exact) mass is 227 g/mol. The van der Waals surface area contributed by atoms with E-state index in [0.29, 0.717) is 12.2 Å². The number of hydrogen-bond donors (Lipinski definition) is 2. The molecule has 3 N–H and O–H groups in total. The molecular formula is C8H10BrN3. The number of nitrogens with zero attached hydrogens (tertiary/aromatic N) is 1. The molecule has 0 unspecified atom stereocenters. The van der Waals surface area contributed by atoms with E-state index in [0.717, 1.165) is 10.3 Å². The minimum absolute atomic E-state index is 0.664. The van der Waals surface area contributed by atoms with Crippen LogP contribution in [0.2, 0.25) is 0 Å². The van der Waals surface area contributed by atoms with Crippen LogP contribution in [0.4, 0.5) is 11.5 Å². The van der Waals surface area contributed by atoms with Crippen LogP contribution in [0, 0.1) is 0 Å². The van der Waals surface area contributed by atoms with Crippen LogP contribution in [0.15, 0.2) is 29.4 Å². The summed E-state index contributed by atoms with van der Waals surface area (Å²) in [5.74, 6) is 0.796. The first-order valence-electron chi connectivity index (χ1n) is 3.47. The molecule has 0 radical (unpaired) electrons. The van der Waals surface area contributed by atoms with Gasteiger partial charge in [-0.25, -0.2) is 4.98 Å². The molecule has 0 spiro atoms. The summed E-state index contributed by atoms with van der Waals surface area (Å²) in [6.45, 7) is 4.35. The van der Waals surface area contributed by atoms with Crippen LogP contribution in [-0.4, -0.2) is 11.5 Å². The Balaban J connectivity index is 2.53. The molecule has 64 valence electrons. The van der Waals surface area contributed by atoms with Crippen LogP contribution in [0.25, 0.3) is 0 Å². The number of anilines is 2. The van der Waals surface area contributed by atoms with Crippen molar-refractivity contribution in [2.24, 2.45) is 0 Å². The predicted molar refractivity (Wildman–Crippen MR) is 55.2 cm³/mol. The zero-order chi connectivity index (χ0) is 8.97. The van der Waals surface area contributed by atoms with Gasteiger partial charge in [0.25, 0.3) is 0 Å². The minimum atomic E-state index is 0.664. The largest absolute Gasteiger partial charge is 0.397 e. The van der Waals surface area contributed by atoms with Crippen molar-refractivity contribution in [1.82, 2.24) is 4.98 Å². The summed E-state index contributed by atoms with van der Waals surface area (Å²) >= 11 is 3.24. The first kappa shape index (κ1) is 9.06. The van der Waals surface area contributed by atoms with Crippen LogP contribution >= 0.6 is 15.9 Å². The van der Waals surface area contributed by atoms with E-state index in [1.165, 1.54) is 0 Å². The Hall–Kier alpha value is -1.03. The fraction of sp³-hybridized carbons (Fsp3) is 0.125. The molecule has 0 aliphatic heterocycles. The maximum absolute atomic E-state index is 5.47. The molecule has 1 aromatic rings. The average Bonchev–Trinajstić information content (AvgIpc) is 2.03. The molecule has 0 bridgehead atoms. The van der Waals surface area contributed by atoms with Gasteiger partial charge in [-0.1, -0.05) is 22.5 Å². The van der Waals surface area contributed by atoms with Crippen LogP contribution in [0.3, 0.4) is 0 Å². The highest BCUT2D eigenvalue weighted by molar-refractivity contribution is 9.11. The van der Waals surface area contributed by atoms with Gasteiger partial charge in [-0.3, -0.25) is 0 Å². The van der Waals surface area contributed by atoms with E-state index in [-0.39, 0.29) is 0 Å². The average molecular weight is 228 g/mol. The second kappa shape index (κ2) is 4.11. The number of nitrogens with one attached hydrogen (secondary N) is 1. The summed E-state index contributed by atoms with van der Waals surface area (Å²) in [6, 6.07) is 3.62. The molecule has 1 rings (SSSR count). The summed E-state index contributed by atoms with van der Waals surface area (Å²) in [4.78, 5) is 4.05. The highest BCUT2D eigenvalue weighted by Crippen LogP contribution is 2.07. The molecule has 0 saturated heterocycles. The summed E-state index contributed by atoms with van der Waals surface area (Å²) < 4.78 is 0.890. The van der Waals surface area contributed by atoms with Crippen molar-refractivity contribution in [2.45, 2.75) is 0 Å². The lowest BCUT2D eigenvalue weighted by atomic mass is 10.4. The highest BCUT2D eigenvalue weighted by atomic mass is 79.9. The van der Waals surface area contributed by atoms with E-state index in [4.69, 9.17) is 5.73 Å². The van der Waals surface area contributed by atoms with Gasteiger partial charge in [-0.15, -0.1) is 0 Å². The SMILES string of the molecule is C=C(Br)CNc1ccc(N)cn1. The van der Waals surface area contributed by atoms with Crippen molar-refractivity contribution in [3.63, 3.8) is 0 Å². The van der Waals surface area contributed by atoms with Crippen molar-refractivity contribution in [3.05, 3.63) is 29.4 Å². The Morgan fingerprint density at radius 3 is 2.92 bits per heavy atom. The predicted octanol–water partition coefficient (Wildman–Crippen LogP) is 1.98. The van der Waals surface area contributed by atoms with Crippen LogP contribution in [-0.2, 0) is 0 Å². The second-order valence-corrected chi connectivity index (χ2v) is 3.47. The highest BCUT2D eigenvalue weighted by Gasteiger charge is 1.92. The first-order chi connectivity index (χ1) is 5.68. The summed E-state index contributed by atoms with van der Waals surface area (Å²) in [5, 5.41) is 3.06. The van der Waals surface area contributed by atoms with Crippen molar-refractivity contribution in [3.8, 4) is 0 Å². The van der Waals surface area contributed by atoms with Crippen LogP contribution in [0.1, 0.15) is 0 Å². The molecule has 0 saturated carbocycles. The van der Waals surface area contributed by atoms with Crippen LogP contribution < -0.4 is 11.1 Å². The second-order valence-electron chi connectivity index (χ2n) is 2.35. The number of pyridine rings is 1. The fourth-order valence-electron chi connectivity index (χ4n) is 0.696. The summed E-state index contributed by atoms with van der Waals surface area (Å²) in [6.07, 6.45) is 1.61. The Morgan fingerprint density at radius 2 is 2.42 bits per heavy atom. The summed E-state index contributed by atoms with van der Waals surface area (Å²) in [7, 11) is 0. The molecule has 3 nitrogen and oxygen atoms in total. The summed E-state index contributed by atoms with van der Waals surface area (Å²) in [5.41, 5.74) is 6.13. The molecular weight excluding hydrogens is 218 g/mol. The van der Waals surface area contributed by atoms with Crippen molar-refractivity contribution in [1.29, 1.82) is 0 Å². The van der Waals surface area contributed by atoms with Gasteiger partial charge in [0.2, 0.25) is 0 Å². The van der Waals surface area contributed by atoms with Gasteiger partial charge in [0.05, 0.1) is 11.9 Å². The van der Waals surface area contributed by atoms with E-state index in [1.807, 2.05) is 6.07 Å². The van der Waals surface area contributed by atoms with Gasteiger partial charge in [-0.05, 0) is 12.1 Å². The molecule has 0 amide bonds. The Kier molecular flexibility index (Phi) is 3.10. The number of hydrogen-bond acceptors (Lipinski definition) is 3. The Bertz CT molecular complexity index is 268. The lowest BCUT2D eigenvalue weighted by Crippen LogP contribution is -2.02. The van der Waals surface area contributed by atoms with Gasteiger partial charge in [0.1, 0.15) is 5.82 Å². The quantitative estimate of drug-likeness (QED) is 0.831. The molecule has 0 aromatic carbocycles. The molecule has 0 aliphatic rings. The number of rotatable bonds is 3. The maximum Gasteiger partial charge on any atom is 0.126 e. The standard InChI is InChI=1S/C8H10BrN3/c1-6(9)4-11-8-3-2-7(10)5-12-8/h2-3,5H,1,4,10H2,(H,11,12). The van der Waals surface area contributed by atoms with Crippen LogP contribution in [0.5, 0.6) is 0 Å². The molecule has 1 heterocycles. The Labute approximate surface area is 79.8 Å². The third-order valence-electron chi connectivity index (χ3n) is 1.25. The molecule has 1 aromatic heterocycles. The van der Waals surface area contributed by atoms with Gasteiger partial charge >= 0.3 is 0 Å². The van der Waals surface area contributed by atoms with Crippen molar-refractivity contribution < 1.29 is 0 Å². The third-order valence-corrected chi connectivity index (χ3v) is 1.53. The number of nitrogen functional groups attached to an aromatic ring is 1. The topological polar surface area (TPSA) is 50.9 Å². The molecule has 4 heteroatoms. The lowest BCUT2D eigenvalue weighted by molar-refractivity contribution is 1.23. The zero-order valence-electron chi connectivity index (χ0n) is 6.55. The van der Waals surface area contributed by atoms with E-state index in [9.17, 15) is 0 Å².